The maximum atomic E-state index is 9.83. The third-order valence-corrected chi connectivity index (χ3v) is 8.95. The van der Waals surface area contributed by atoms with Crippen molar-refractivity contribution in [2.75, 3.05) is 0 Å². The zero-order valence-corrected chi connectivity index (χ0v) is 25.0. The van der Waals surface area contributed by atoms with Gasteiger partial charge in [-0.3, -0.25) is 0 Å². The molecule has 0 atom stereocenters. The Labute approximate surface area is 262 Å². The lowest BCUT2D eigenvalue weighted by molar-refractivity contribution is 0.660. The first-order valence-corrected chi connectivity index (χ1v) is 15.1. The molecule has 8 rings (SSSR count). The number of fused-ring (bicyclic) bond motifs is 4. The highest BCUT2D eigenvalue weighted by Crippen LogP contribution is 2.50. The molecule has 0 N–H and O–H groups in total. The second-order valence-electron chi connectivity index (χ2n) is 12.0. The molecule has 1 aliphatic carbocycles. The third-order valence-electron chi connectivity index (χ3n) is 8.95. The number of aromatic nitrogens is 3. The van der Waals surface area contributed by atoms with Crippen molar-refractivity contribution in [1.29, 1.82) is 5.26 Å². The summed E-state index contributed by atoms with van der Waals surface area (Å²) in [4.78, 5) is 14.9. The second-order valence-corrected chi connectivity index (χ2v) is 12.0. The molecule has 212 valence electrons. The van der Waals surface area contributed by atoms with Gasteiger partial charge < -0.3 is 0 Å². The minimum atomic E-state index is -0.210. The van der Waals surface area contributed by atoms with Gasteiger partial charge in [-0.15, -0.1) is 0 Å². The fourth-order valence-corrected chi connectivity index (χ4v) is 6.58. The molecule has 7 aromatic rings. The second kappa shape index (κ2) is 10.4. The van der Waals surface area contributed by atoms with Gasteiger partial charge in [0.05, 0.1) is 11.6 Å². The number of hydrogen-bond acceptors (Lipinski definition) is 4. The molecule has 0 unspecified atom stereocenters. The molecule has 0 aliphatic heterocycles. The fourth-order valence-electron chi connectivity index (χ4n) is 6.58. The summed E-state index contributed by atoms with van der Waals surface area (Å²) in [6, 6.07) is 48.2. The first kappa shape index (κ1) is 26.7. The quantitative estimate of drug-likeness (QED) is 0.209. The average Bonchev–Trinajstić information content (AvgIpc) is 3.34. The standard InChI is InChI=1S/C41H28N4/c1-41(2)35-17-9-16-33(25-42)37(35)34-21-20-30(24-36(34)41)29-14-8-15-31(23-29)39-43-38(27-11-4-3-5-12-27)44-40(45-39)32-19-18-26-10-6-7-13-28(26)22-32/h3-24H,1-2H3. The Bertz CT molecular complexity index is 2310. The molecule has 4 nitrogen and oxygen atoms in total. The van der Waals surface area contributed by atoms with Crippen molar-refractivity contribution < 1.29 is 0 Å². The predicted octanol–water partition coefficient (Wildman–Crippen LogP) is 9.87. The Morgan fingerprint density at radius 3 is 1.87 bits per heavy atom. The van der Waals surface area contributed by atoms with Gasteiger partial charge in [-0.2, -0.15) is 5.26 Å². The highest BCUT2D eigenvalue weighted by Gasteiger charge is 2.37. The van der Waals surface area contributed by atoms with Crippen molar-refractivity contribution in [2.24, 2.45) is 0 Å². The van der Waals surface area contributed by atoms with Crippen molar-refractivity contribution in [3.8, 4) is 62.5 Å². The first-order chi connectivity index (χ1) is 22.0. The van der Waals surface area contributed by atoms with Gasteiger partial charge in [-0.1, -0.05) is 123 Å². The summed E-state index contributed by atoms with van der Waals surface area (Å²) >= 11 is 0. The summed E-state index contributed by atoms with van der Waals surface area (Å²) in [5, 5.41) is 12.2. The molecule has 1 aromatic heterocycles. The normalized spacial score (nSPS) is 12.8. The topological polar surface area (TPSA) is 62.5 Å². The summed E-state index contributed by atoms with van der Waals surface area (Å²) in [5.41, 5.74) is 10.1. The van der Waals surface area contributed by atoms with Crippen LogP contribution in [0.4, 0.5) is 0 Å². The van der Waals surface area contributed by atoms with Crippen LogP contribution in [0.3, 0.4) is 0 Å². The molecule has 1 aliphatic rings. The Kier molecular flexibility index (Phi) is 6.15. The van der Waals surface area contributed by atoms with Gasteiger partial charge in [-0.05, 0) is 62.9 Å². The Hall–Kier alpha value is -5.92. The summed E-state index contributed by atoms with van der Waals surface area (Å²) in [5.74, 6) is 1.90. The van der Waals surface area contributed by atoms with Gasteiger partial charge in [0.1, 0.15) is 0 Å². The molecule has 0 spiro atoms. The van der Waals surface area contributed by atoms with Gasteiger partial charge in [0.2, 0.25) is 0 Å². The number of benzene rings is 6. The molecule has 0 radical (unpaired) electrons. The lowest BCUT2D eigenvalue weighted by atomic mass is 9.81. The number of hydrogen-bond donors (Lipinski definition) is 0. The van der Waals surface area contributed by atoms with Crippen LogP contribution in [0.5, 0.6) is 0 Å². The Morgan fingerprint density at radius 1 is 0.489 bits per heavy atom. The van der Waals surface area contributed by atoms with Crippen molar-refractivity contribution in [2.45, 2.75) is 19.3 Å². The molecule has 1 heterocycles. The van der Waals surface area contributed by atoms with E-state index in [0.717, 1.165) is 49.9 Å². The zero-order chi connectivity index (χ0) is 30.5. The molecule has 4 heteroatoms. The van der Waals surface area contributed by atoms with Gasteiger partial charge in [0.15, 0.2) is 17.5 Å². The molecular formula is C41H28N4. The summed E-state index contributed by atoms with van der Waals surface area (Å²) in [7, 11) is 0. The molecular weight excluding hydrogens is 548 g/mol. The lowest BCUT2D eigenvalue weighted by Crippen LogP contribution is -2.15. The van der Waals surface area contributed by atoms with Crippen LogP contribution >= 0.6 is 0 Å². The van der Waals surface area contributed by atoms with Crippen LogP contribution in [0, 0.1) is 11.3 Å². The summed E-state index contributed by atoms with van der Waals surface area (Å²) in [6.45, 7) is 4.48. The Morgan fingerprint density at radius 2 is 1.09 bits per heavy atom. The van der Waals surface area contributed by atoms with E-state index in [1.165, 1.54) is 16.5 Å². The number of nitriles is 1. The number of rotatable bonds is 4. The maximum Gasteiger partial charge on any atom is 0.164 e. The van der Waals surface area contributed by atoms with Crippen molar-refractivity contribution in [1.82, 2.24) is 15.0 Å². The zero-order valence-electron chi connectivity index (χ0n) is 25.0. The van der Waals surface area contributed by atoms with E-state index in [9.17, 15) is 5.26 Å². The minimum absolute atomic E-state index is 0.210. The van der Waals surface area contributed by atoms with Gasteiger partial charge >= 0.3 is 0 Å². The Balaban J connectivity index is 1.25. The van der Waals surface area contributed by atoms with Crippen molar-refractivity contribution in [3.05, 3.63) is 150 Å². The number of nitrogens with zero attached hydrogens (tertiary/aromatic N) is 4. The first-order valence-electron chi connectivity index (χ1n) is 15.1. The lowest BCUT2D eigenvalue weighted by Gasteiger charge is -2.22. The summed E-state index contributed by atoms with van der Waals surface area (Å²) < 4.78 is 0. The van der Waals surface area contributed by atoms with E-state index in [2.05, 4.69) is 98.8 Å². The van der Waals surface area contributed by atoms with Crippen LogP contribution in [-0.4, -0.2) is 15.0 Å². The van der Waals surface area contributed by atoms with Crippen LogP contribution in [0.15, 0.2) is 133 Å². The molecule has 0 saturated heterocycles. The smallest absolute Gasteiger partial charge is 0.164 e. The predicted molar refractivity (Wildman–Crippen MR) is 181 cm³/mol. The van der Waals surface area contributed by atoms with E-state index >= 15 is 0 Å². The van der Waals surface area contributed by atoms with Crippen LogP contribution in [-0.2, 0) is 5.41 Å². The van der Waals surface area contributed by atoms with E-state index in [1.54, 1.807) is 0 Å². The molecule has 6 aromatic carbocycles. The molecule has 45 heavy (non-hydrogen) atoms. The SMILES string of the molecule is CC1(C)c2cc(-c3cccc(-c4nc(-c5ccccc5)nc(-c5ccc6ccccc6c5)n4)c3)ccc2-c2c(C#N)cccc21. The van der Waals surface area contributed by atoms with Crippen LogP contribution < -0.4 is 0 Å². The largest absolute Gasteiger partial charge is 0.208 e. The third kappa shape index (κ3) is 4.49. The van der Waals surface area contributed by atoms with E-state index in [0.29, 0.717) is 17.5 Å². The average molecular weight is 577 g/mol. The fraction of sp³-hybridized carbons (Fsp3) is 0.0732. The van der Waals surface area contributed by atoms with Crippen molar-refractivity contribution >= 4 is 10.8 Å². The van der Waals surface area contributed by atoms with Gasteiger partial charge in [-0.25, -0.2) is 15.0 Å². The maximum absolute atomic E-state index is 9.83. The molecule has 0 saturated carbocycles. The van der Waals surface area contributed by atoms with E-state index in [1.807, 2.05) is 54.6 Å². The monoisotopic (exact) mass is 576 g/mol. The van der Waals surface area contributed by atoms with Crippen molar-refractivity contribution in [3.63, 3.8) is 0 Å². The molecule has 0 bridgehead atoms. The van der Waals surface area contributed by atoms with E-state index in [-0.39, 0.29) is 5.41 Å². The van der Waals surface area contributed by atoms with Gasteiger partial charge in [0.25, 0.3) is 0 Å². The van der Waals surface area contributed by atoms with E-state index in [4.69, 9.17) is 15.0 Å². The van der Waals surface area contributed by atoms with Crippen LogP contribution in [0.1, 0.15) is 30.5 Å². The molecule has 0 amide bonds. The molecule has 0 fully saturated rings. The van der Waals surface area contributed by atoms with Crippen LogP contribution in [0.2, 0.25) is 0 Å². The van der Waals surface area contributed by atoms with Crippen LogP contribution in [0.25, 0.3) is 67.2 Å². The highest BCUT2D eigenvalue weighted by atomic mass is 15.0. The van der Waals surface area contributed by atoms with Gasteiger partial charge in [0, 0.05) is 27.7 Å². The minimum Gasteiger partial charge on any atom is -0.208 e. The highest BCUT2D eigenvalue weighted by molar-refractivity contribution is 5.88. The van der Waals surface area contributed by atoms with E-state index < -0.39 is 0 Å². The summed E-state index contributed by atoms with van der Waals surface area (Å²) in [6.07, 6.45) is 0.